The molecule has 1 aliphatic heterocycles. The minimum absolute atomic E-state index is 0.0680. The number of hydrogen-bond acceptors (Lipinski definition) is 6. The fourth-order valence-corrected chi connectivity index (χ4v) is 6.08. The van der Waals surface area contributed by atoms with E-state index in [1.54, 1.807) is 6.26 Å². The first kappa shape index (κ1) is 23.6. The van der Waals surface area contributed by atoms with Crippen molar-refractivity contribution in [2.75, 3.05) is 0 Å². The molecule has 1 saturated carbocycles. The Kier molecular flexibility index (Phi) is 6.61. The summed E-state index contributed by atoms with van der Waals surface area (Å²) in [6, 6.07) is 2.00. The summed E-state index contributed by atoms with van der Waals surface area (Å²) in [5, 5.41) is 43.5. The first-order valence-electron chi connectivity index (χ1n) is 12.2. The highest BCUT2D eigenvalue weighted by Gasteiger charge is 2.67. The van der Waals surface area contributed by atoms with Crippen molar-refractivity contribution in [1.82, 2.24) is 0 Å². The standard InChI is InChI=1S/C26H38O6/c1-5-7-17(15-10-21(28)26(22(29)11-15)23(6-2)32-26)20-13-31-25-18(20)9-16(8-14(3)4)24(30)19(25)12-27/h9,13-15,17,21-23,27-30H,5-8,10-12H2,1-4H3/t15?,17-,21-,22-,23?,26?/m1/s1. The lowest BCUT2D eigenvalue weighted by atomic mass is 9.68. The van der Waals surface area contributed by atoms with Crippen LogP contribution in [0.3, 0.4) is 0 Å². The molecule has 1 unspecified atom stereocenters. The van der Waals surface area contributed by atoms with Gasteiger partial charge in [0.15, 0.2) is 0 Å². The Morgan fingerprint density at radius 1 is 1.16 bits per heavy atom. The van der Waals surface area contributed by atoms with Gasteiger partial charge in [0.2, 0.25) is 0 Å². The van der Waals surface area contributed by atoms with Crippen molar-refractivity contribution in [3.05, 3.63) is 29.0 Å². The number of aliphatic hydroxyl groups excluding tert-OH is 3. The third-order valence-electron chi connectivity index (χ3n) is 7.65. The highest BCUT2D eigenvalue weighted by Crippen LogP contribution is 2.54. The molecule has 4 N–H and O–H groups in total. The minimum Gasteiger partial charge on any atom is -0.507 e. The number of fused-ring (bicyclic) bond motifs is 1. The molecule has 1 aliphatic carbocycles. The van der Waals surface area contributed by atoms with Crippen LogP contribution in [0.25, 0.3) is 11.0 Å². The van der Waals surface area contributed by atoms with Crippen LogP contribution in [0, 0.1) is 11.8 Å². The average molecular weight is 447 g/mol. The summed E-state index contributed by atoms with van der Waals surface area (Å²) in [6.45, 7) is 8.06. The third kappa shape index (κ3) is 3.75. The van der Waals surface area contributed by atoms with Crippen LogP contribution in [0.1, 0.15) is 82.4 Å². The van der Waals surface area contributed by atoms with Crippen molar-refractivity contribution < 1.29 is 29.6 Å². The number of hydrogen-bond donors (Lipinski definition) is 4. The van der Waals surface area contributed by atoms with Crippen molar-refractivity contribution in [1.29, 1.82) is 0 Å². The molecule has 2 aromatic rings. The van der Waals surface area contributed by atoms with E-state index < -0.39 is 17.8 Å². The molecule has 0 radical (unpaired) electrons. The van der Waals surface area contributed by atoms with Gasteiger partial charge in [-0.3, -0.25) is 0 Å². The van der Waals surface area contributed by atoms with E-state index in [2.05, 4.69) is 20.8 Å². The van der Waals surface area contributed by atoms with Crippen LogP contribution in [0.4, 0.5) is 0 Å². The van der Waals surface area contributed by atoms with E-state index in [0.29, 0.717) is 36.3 Å². The fourth-order valence-electron chi connectivity index (χ4n) is 6.08. The van der Waals surface area contributed by atoms with Crippen LogP contribution < -0.4 is 0 Å². The Balaban J connectivity index is 1.72. The van der Waals surface area contributed by atoms with Gasteiger partial charge in [-0.15, -0.1) is 0 Å². The van der Waals surface area contributed by atoms with Crippen LogP contribution >= 0.6 is 0 Å². The van der Waals surface area contributed by atoms with E-state index in [1.807, 2.05) is 13.0 Å². The van der Waals surface area contributed by atoms with Gasteiger partial charge in [0.05, 0.1) is 36.7 Å². The zero-order valence-corrected chi connectivity index (χ0v) is 19.7. The van der Waals surface area contributed by atoms with Gasteiger partial charge in [0.1, 0.15) is 16.9 Å². The number of benzene rings is 1. The van der Waals surface area contributed by atoms with Crippen LogP contribution in [-0.2, 0) is 17.8 Å². The molecule has 0 amide bonds. The lowest BCUT2D eigenvalue weighted by Gasteiger charge is -2.39. The first-order valence-corrected chi connectivity index (χ1v) is 12.2. The summed E-state index contributed by atoms with van der Waals surface area (Å²) < 4.78 is 11.7. The van der Waals surface area contributed by atoms with Gasteiger partial charge >= 0.3 is 0 Å². The van der Waals surface area contributed by atoms with Gasteiger partial charge in [-0.05, 0) is 61.5 Å². The molecule has 2 heterocycles. The van der Waals surface area contributed by atoms with Gasteiger partial charge in [-0.25, -0.2) is 0 Å². The maximum Gasteiger partial charge on any atom is 0.146 e. The average Bonchev–Trinajstić information content (AvgIpc) is 3.36. The van der Waals surface area contributed by atoms with Crippen molar-refractivity contribution in [2.45, 2.75) is 103 Å². The van der Waals surface area contributed by atoms with Gasteiger partial charge in [0, 0.05) is 10.9 Å². The van der Waals surface area contributed by atoms with E-state index in [-0.39, 0.29) is 30.3 Å². The summed E-state index contributed by atoms with van der Waals surface area (Å²) in [6.07, 6.45) is 4.81. The highest BCUT2D eigenvalue weighted by molar-refractivity contribution is 5.87. The van der Waals surface area contributed by atoms with Gasteiger partial charge in [-0.1, -0.05) is 34.1 Å². The van der Waals surface area contributed by atoms with Crippen molar-refractivity contribution in [3.8, 4) is 5.75 Å². The normalized spacial score (nSPS) is 31.0. The molecule has 2 fully saturated rings. The number of aliphatic hydroxyl groups is 3. The molecule has 1 spiro atoms. The van der Waals surface area contributed by atoms with E-state index in [1.165, 1.54) is 0 Å². The number of furan rings is 1. The monoisotopic (exact) mass is 446 g/mol. The van der Waals surface area contributed by atoms with Gasteiger partial charge < -0.3 is 29.6 Å². The second-order valence-corrected chi connectivity index (χ2v) is 10.2. The Bertz CT molecular complexity index is 935. The maximum absolute atomic E-state index is 11.0. The molecule has 4 atom stereocenters. The Labute approximate surface area is 190 Å². The smallest absolute Gasteiger partial charge is 0.146 e. The minimum atomic E-state index is -0.791. The molecule has 0 bridgehead atoms. The highest BCUT2D eigenvalue weighted by atomic mass is 16.6. The topological polar surface area (TPSA) is 107 Å². The summed E-state index contributed by atoms with van der Waals surface area (Å²) in [5.74, 6) is 0.665. The van der Waals surface area contributed by atoms with Crippen molar-refractivity contribution >= 4 is 11.0 Å². The van der Waals surface area contributed by atoms with E-state index in [0.717, 1.165) is 35.8 Å². The largest absolute Gasteiger partial charge is 0.507 e. The molecule has 6 nitrogen and oxygen atoms in total. The Hall–Kier alpha value is -1.60. The number of epoxide rings is 1. The molecule has 1 saturated heterocycles. The number of phenols is 1. The quantitative estimate of drug-likeness (QED) is 0.448. The third-order valence-corrected chi connectivity index (χ3v) is 7.65. The zero-order chi connectivity index (χ0) is 23.2. The van der Waals surface area contributed by atoms with E-state index in [4.69, 9.17) is 9.15 Å². The number of rotatable bonds is 8. The molecule has 1 aromatic carbocycles. The second-order valence-electron chi connectivity index (χ2n) is 10.2. The van der Waals surface area contributed by atoms with Crippen molar-refractivity contribution in [3.63, 3.8) is 0 Å². The lowest BCUT2D eigenvalue weighted by Crippen LogP contribution is -2.50. The molecular weight excluding hydrogens is 408 g/mol. The first-order chi connectivity index (χ1) is 15.3. The molecular formula is C26H38O6. The lowest BCUT2D eigenvalue weighted by molar-refractivity contribution is -0.0689. The summed E-state index contributed by atoms with van der Waals surface area (Å²) >= 11 is 0. The predicted molar refractivity (Wildman–Crippen MR) is 123 cm³/mol. The molecule has 1 aromatic heterocycles. The van der Waals surface area contributed by atoms with E-state index >= 15 is 0 Å². The summed E-state index contributed by atoms with van der Waals surface area (Å²) in [7, 11) is 0. The molecule has 178 valence electrons. The molecule has 6 heteroatoms. The Morgan fingerprint density at radius 2 is 1.84 bits per heavy atom. The SMILES string of the molecule is CCC[C@@H](c1coc2c(CO)c(O)c(CC(C)C)cc12)C1C[C@@H](O)C2(OC2CC)[C@H](O)C1. The van der Waals surface area contributed by atoms with Gasteiger partial charge in [0.25, 0.3) is 0 Å². The number of aromatic hydroxyl groups is 1. The predicted octanol–water partition coefficient (Wildman–Crippen LogP) is 4.39. The number of ether oxygens (including phenoxy) is 1. The maximum atomic E-state index is 11.0. The van der Waals surface area contributed by atoms with Crippen LogP contribution in [0.5, 0.6) is 5.75 Å². The zero-order valence-electron chi connectivity index (χ0n) is 19.7. The van der Waals surface area contributed by atoms with Crippen LogP contribution in [0.15, 0.2) is 16.7 Å². The summed E-state index contributed by atoms with van der Waals surface area (Å²) in [5.41, 5.74) is 2.01. The van der Waals surface area contributed by atoms with Gasteiger partial charge in [-0.2, -0.15) is 0 Å². The molecule has 32 heavy (non-hydrogen) atoms. The van der Waals surface area contributed by atoms with Crippen LogP contribution in [0.2, 0.25) is 0 Å². The molecule has 2 aliphatic rings. The van der Waals surface area contributed by atoms with E-state index in [9.17, 15) is 20.4 Å². The van der Waals surface area contributed by atoms with Crippen molar-refractivity contribution in [2.24, 2.45) is 11.8 Å². The van der Waals surface area contributed by atoms with Crippen LogP contribution in [-0.4, -0.2) is 44.3 Å². The Morgan fingerprint density at radius 3 is 2.38 bits per heavy atom. The fraction of sp³-hybridized carbons (Fsp3) is 0.692. The molecule has 4 rings (SSSR count). The summed E-state index contributed by atoms with van der Waals surface area (Å²) in [4.78, 5) is 0. The second kappa shape index (κ2) is 8.98.